The quantitative estimate of drug-likeness (QED) is 0.397. The van der Waals surface area contributed by atoms with Crippen LogP contribution in [0.4, 0.5) is 4.39 Å². The summed E-state index contributed by atoms with van der Waals surface area (Å²) in [4.78, 5) is 2.34. The molecule has 2 heterocycles. The first kappa shape index (κ1) is 8.69. The van der Waals surface area contributed by atoms with Crippen molar-refractivity contribution in [3.05, 3.63) is 11.6 Å². The molecule has 4 heteroatoms. The van der Waals surface area contributed by atoms with Gasteiger partial charge in [-0.3, -0.25) is 4.90 Å². The molecule has 3 nitrogen and oxygen atoms in total. The Morgan fingerprint density at radius 2 is 2.62 bits per heavy atom. The Kier molecular flexibility index (Phi) is 2.31. The zero-order valence-electron chi connectivity index (χ0n) is 7.42. The van der Waals surface area contributed by atoms with E-state index in [4.69, 9.17) is 5.41 Å². The van der Waals surface area contributed by atoms with Gasteiger partial charge in [0.25, 0.3) is 0 Å². The lowest BCUT2D eigenvalue weighted by molar-refractivity contribution is 0.263. The van der Waals surface area contributed by atoms with Crippen LogP contribution in [0.5, 0.6) is 0 Å². The maximum absolute atomic E-state index is 12.0. The third-order valence-electron chi connectivity index (χ3n) is 2.59. The topological polar surface area (TPSA) is 36.3 Å². The summed E-state index contributed by atoms with van der Waals surface area (Å²) in [5.74, 6) is 0.626. The van der Waals surface area contributed by atoms with Gasteiger partial charge in [-0.1, -0.05) is 6.08 Å². The van der Waals surface area contributed by atoms with Crippen molar-refractivity contribution in [1.29, 1.82) is 5.41 Å². The van der Waals surface area contributed by atoms with Gasteiger partial charge in [-0.25, -0.2) is 5.41 Å². The summed E-state index contributed by atoms with van der Waals surface area (Å²) in [6.45, 7) is 3.39. The summed E-state index contributed by atoms with van der Waals surface area (Å²) in [6.07, 6.45) is 2.19. The predicted octanol–water partition coefficient (Wildman–Crippen LogP) is 1.17. The molecule has 0 radical (unpaired) electrons. The van der Waals surface area contributed by atoms with E-state index in [-0.39, 0.29) is 6.61 Å². The van der Waals surface area contributed by atoms with E-state index in [1.54, 1.807) is 0 Å². The predicted molar refractivity (Wildman–Crippen MR) is 47.4 cm³/mol. The lowest BCUT2D eigenvalue weighted by atomic mass is 10.0. The van der Waals surface area contributed by atoms with E-state index in [1.807, 2.05) is 0 Å². The van der Waals surface area contributed by atoms with Gasteiger partial charge in [0.15, 0.2) is 0 Å². The molecule has 72 valence electrons. The Morgan fingerprint density at radius 1 is 1.77 bits per heavy atom. The van der Waals surface area contributed by atoms with E-state index in [2.05, 4.69) is 15.7 Å². The first-order valence-electron chi connectivity index (χ1n) is 4.53. The zero-order valence-corrected chi connectivity index (χ0v) is 7.42. The van der Waals surface area contributed by atoms with E-state index < -0.39 is 6.15 Å². The van der Waals surface area contributed by atoms with Crippen LogP contribution in [0.2, 0.25) is 0 Å². The summed E-state index contributed by atoms with van der Waals surface area (Å²) in [7, 11) is 0. The fourth-order valence-electron chi connectivity index (χ4n) is 2.07. The van der Waals surface area contributed by atoms with Crippen molar-refractivity contribution in [1.82, 2.24) is 4.90 Å². The molecule has 2 rings (SSSR count). The van der Waals surface area contributed by atoms with Gasteiger partial charge in [-0.05, 0) is 24.5 Å². The number of ether oxygens (including phenoxy) is 1. The van der Waals surface area contributed by atoms with Crippen LogP contribution < -0.4 is 0 Å². The lowest BCUT2D eigenvalue weighted by Crippen LogP contribution is -2.28. The summed E-state index contributed by atoms with van der Waals surface area (Å²) in [5.41, 5.74) is 1.11. The highest BCUT2D eigenvalue weighted by atomic mass is 19.1. The molecule has 1 N–H and O–H groups in total. The molecule has 0 aromatic carbocycles. The molecule has 1 fully saturated rings. The number of hydrogen-bond donors (Lipinski definition) is 1. The molecule has 0 spiro atoms. The third-order valence-corrected chi connectivity index (χ3v) is 2.59. The van der Waals surface area contributed by atoms with Crippen LogP contribution in [0.15, 0.2) is 11.6 Å². The second-order valence-electron chi connectivity index (χ2n) is 3.67. The maximum Gasteiger partial charge on any atom is 0.369 e. The molecule has 2 unspecified atom stereocenters. The Bertz CT molecular complexity index is 252. The first-order chi connectivity index (χ1) is 6.24. The van der Waals surface area contributed by atoms with Gasteiger partial charge in [-0.2, -0.15) is 0 Å². The number of nitrogens with one attached hydrogen (secondary N) is 1. The van der Waals surface area contributed by atoms with E-state index >= 15 is 0 Å². The minimum Gasteiger partial charge on any atom is -0.452 e. The second-order valence-corrected chi connectivity index (χ2v) is 3.67. The van der Waals surface area contributed by atoms with Crippen molar-refractivity contribution >= 4 is 6.15 Å². The second kappa shape index (κ2) is 3.46. The van der Waals surface area contributed by atoms with Crippen molar-refractivity contribution in [2.45, 2.75) is 6.42 Å². The molecule has 13 heavy (non-hydrogen) atoms. The summed E-state index contributed by atoms with van der Waals surface area (Å²) in [5, 5.41) is 6.50. The number of halogens is 1. The average Bonchev–Trinajstić information content (AvgIpc) is 2.42. The smallest absolute Gasteiger partial charge is 0.369 e. The van der Waals surface area contributed by atoms with E-state index in [0.717, 1.165) is 25.2 Å². The van der Waals surface area contributed by atoms with Crippen LogP contribution >= 0.6 is 0 Å². The van der Waals surface area contributed by atoms with Crippen molar-refractivity contribution < 1.29 is 9.13 Å². The van der Waals surface area contributed by atoms with Crippen LogP contribution in [-0.4, -0.2) is 37.3 Å². The summed E-state index contributed by atoms with van der Waals surface area (Å²) >= 11 is 0. The van der Waals surface area contributed by atoms with Crippen LogP contribution in [0.25, 0.3) is 0 Å². The fourth-order valence-corrected chi connectivity index (χ4v) is 2.07. The number of fused-ring (bicyclic) bond motifs is 2. The monoisotopic (exact) mass is 184 g/mol. The van der Waals surface area contributed by atoms with Crippen molar-refractivity contribution in [2.24, 2.45) is 5.92 Å². The molecule has 2 aliphatic heterocycles. The van der Waals surface area contributed by atoms with E-state index in [0.29, 0.717) is 5.92 Å². The number of hydrogen-bond acceptors (Lipinski definition) is 3. The maximum atomic E-state index is 12.0. The van der Waals surface area contributed by atoms with Gasteiger partial charge < -0.3 is 4.74 Å². The summed E-state index contributed by atoms with van der Waals surface area (Å²) < 4.78 is 16.5. The fraction of sp³-hybridized carbons (Fsp3) is 0.667. The van der Waals surface area contributed by atoms with Crippen LogP contribution in [0, 0.1) is 11.3 Å². The Labute approximate surface area is 76.7 Å². The molecule has 1 saturated heterocycles. The minimum absolute atomic E-state index is 0.238. The number of rotatable bonds is 2. The highest BCUT2D eigenvalue weighted by Crippen LogP contribution is 2.24. The largest absolute Gasteiger partial charge is 0.452 e. The molecular weight excluding hydrogens is 171 g/mol. The number of nitrogens with zero attached hydrogens (tertiary/aromatic N) is 1. The van der Waals surface area contributed by atoms with Crippen molar-refractivity contribution in [2.75, 3.05) is 26.2 Å². The Hall–Kier alpha value is -0.900. The molecule has 2 aliphatic rings. The molecule has 0 aromatic heterocycles. The molecule has 2 bridgehead atoms. The molecule has 0 amide bonds. The molecular formula is C9H13FN2O. The lowest BCUT2D eigenvalue weighted by Gasteiger charge is -2.22. The third kappa shape index (κ3) is 2.06. The minimum atomic E-state index is -1.19. The standard InChI is InChI=1S/C9H13FN2O/c10-9(11)13-6-8-3-7-1-2-12(4-7)5-8/h3,7,11H,1-2,4-6H2. The molecule has 2 atom stereocenters. The van der Waals surface area contributed by atoms with Crippen molar-refractivity contribution in [3.8, 4) is 0 Å². The molecule has 0 saturated carbocycles. The highest BCUT2D eigenvalue weighted by Gasteiger charge is 2.26. The van der Waals surface area contributed by atoms with Gasteiger partial charge >= 0.3 is 6.15 Å². The van der Waals surface area contributed by atoms with Crippen LogP contribution in [-0.2, 0) is 4.74 Å². The van der Waals surface area contributed by atoms with Gasteiger partial charge in [-0.15, -0.1) is 4.39 Å². The normalized spacial score (nSPS) is 31.3. The van der Waals surface area contributed by atoms with Crippen LogP contribution in [0.3, 0.4) is 0 Å². The Morgan fingerprint density at radius 3 is 3.31 bits per heavy atom. The van der Waals surface area contributed by atoms with E-state index in [9.17, 15) is 4.39 Å². The molecule has 0 aliphatic carbocycles. The van der Waals surface area contributed by atoms with E-state index in [1.165, 1.54) is 6.42 Å². The van der Waals surface area contributed by atoms with Gasteiger partial charge in [0.2, 0.25) is 0 Å². The molecule has 0 aromatic rings. The first-order valence-corrected chi connectivity index (χ1v) is 4.53. The SMILES string of the molecule is N=C(F)OCC1=CC2CCN(C1)C2. The average molecular weight is 184 g/mol. The van der Waals surface area contributed by atoms with Gasteiger partial charge in [0.1, 0.15) is 6.61 Å². The highest BCUT2D eigenvalue weighted by molar-refractivity contribution is 5.61. The zero-order chi connectivity index (χ0) is 9.26. The van der Waals surface area contributed by atoms with Gasteiger partial charge in [0.05, 0.1) is 0 Å². The van der Waals surface area contributed by atoms with Crippen LogP contribution in [0.1, 0.15) is 6.42 Å². The summed E-state index contributed by atoms with van der Waals surface area (Å²) in [6, 6.07) is 0. The van der Waals surface area contributed by atoms with Gasteiger partial charge in [0, 0.05) is 13.1 Å². The van der Waals surface area contributed by atoms with Crippen molar-refractivity contribution in [3.63, 3.8) is 0 Å². The Balaban J connectivity index is 1.89.